The summed E-state index contributed by atoms with van der Waals surface area (Å²) in [6.45, 7) is 3.75. The lowest BCUT2D eigenvalue weighted by Crippen LogP contribution is -2.20. The van der Waals surface area contributed by atoms with Gasteiger partial charge in [-0.05, 0) is 12.0 Å². The average Bonchev–Trinajstić information content (AvgIpc) is 2.26. The molecule has 1 atom stereocenters. The zero-order chi connectivity index (χ0) is 12.3. The molecule has 4 nitrogen and oxygen atoms in total. The first-order valence-corrected chi connectivity index (χ1v) is 4.96. The molecule has 0 aromatic carbocycles. The number of nitrogens with two attached hydrogens (primary N) is 1. The third-order valence-corrected chi connectivity index (χ3v) is 2.32. The molecular weight excluding hydrogens is 282 g/mol. The van der Waals surface area contributed by atoms with Crippen molar-refractivity contribution < 1.29 is 13.9 Å². The first-order valence-electron chi connectivity index (χ1n) is 4.96. The van der Waals surface area contributed by atoms with Gasteiger partial charge >= 0.3 is 5.97 Å². The van der Waals surface area contributed by atoms with E-state index in [2.05, 4.69) is 9.72 Å². The monoisotopic (exact) mass is 298 g/mol. The van der Waals surface area contributed by atoms with E-state index in [1.54, 1.807) is 0 Å². The molecule has 104 valence electrons. The summed E-state index contributed by atoms with van der Waals surface area (Å²) < 4.78 is 18.1. The van der Waals surface area contributed by atoms with Crippen molar-refractivity contribution in [1.29, 1.82) is 0 Å². The summed E-state index contributed by atoms with van der Waals surface area (Å²) in [7, 11) is 1.23. The highest BCUT2D eigenvalue weighted by molar-refractivity contribution is 5.88. The van der Waals surface area contributed by atoms with Gasteiger partial charge in [0.15, 0.2) is 0 Å². The predicted molar refractivity (Wildman–Crippen MR) is 71.8 cm³/mol. The van der Waals surface area contributed by atoms with Crippen LogP contribution in [0.3, 0.4) is 0 Å². The molecule has 0 saturated heterocycles. The molecule has 0 radical (unpaired) electrons. The summed E-state index contributed by atoms with van der Waals surface area (Å²) in [5, 5.41) is 0. The number of ether oxygens (including phenoxy) is 1. The summed E-state index contributed by atoms with van der Waals surface area (Å²) in [6, 6.07) is 0.614. The molecule has 0 spiro atoms. The number of hydrogen-bond acceptors (Lipinski definition) is 4. The normalized spacial score (nSPS) is 11.2. The molecule has 1 unspecified atom stereocenters. The maximum atomic E-state index is 13.6. The van der Waals surface area contributed by atoms with Crippen molar-refractivity contribution in [3.05, 3.63) is 29.3 Å². The van der Waals surface area contributed by atoms with Crippen LogP contribution in [0.1, 0.15) is 35.9 Å². The number of halogens is 3. The third-order valence-electron chi connectivity index (χ3n) is 2.32. The molecule has 0 fully saturated rings. The van der Waals surface area contributed by atoms with Crippen LogP contribution in [0.15, 0.2) is 12.3 Å². The quantitative estimate of drug-likeness (QED) is 0.871. The summed E-state index contributed by atoms with van der Waals surface area (Å²) in [6.07, 6.45) is 1.27. The topological polar surface area (TPSA) is 65.2 Å². The van der Waals surface area contributed by atoms with Gasteiger partial charge in [0.2, 0.25) is 0 Å². The van der Waals surface area contributed by atoms with E-state index in [-0.39, 0.29) is 42.0 Å². The summed E-state index contributed by atoms with van der Waals surface area (Å²) in [5.74, 6) is -1.12. The van der Waals surface area contributed by atoms with Crippen LogP contribution < -0.4 is 5.73 Å². The zero-order valence-electron chi connectivity index (χ0n) is 10.3. The van der Waals surface area contributed by atoms with Gasteiger partial charge < -0.3 is 10.5 Å². The van der Waals surface area contributed by atoms with E-state index in [1.165, 1.54) is 13.3 Å². The Bertz CT molecular complexity index is 403. The number of rotatable bonds is 3. The van der Waals surface area contributed by atoms with Gasteiger partial charge in [0.25, 0.3) is 0 Å². The Balaban J connectivity index is 0. The third kappa shape index (κ3) is 4.40. The second-order valence-corrected chi connectivity index (χ2v) is 3.85. The Morgan fingerprint density at radius 3 is 2.39 bits per heavy atom. The van der Waals surface area contributed by atoms with Gasteiger partial charge in [0.05, 0.1) is 24.4 Å². The first kappa shape index (κ1) is 19.4. The van der Waals surface area contributed by atoms with E-state index in [4.69, 9.17) is 5.73 Å². The van der Waals surface area contributed by atoms with Crippen molar-refractivity contribution >= 4 is 30.8 Å². The molecule has 7 heteroatoms. The minimum atomic E-state index is -0.615. The van der Waals surface area contributed by atoms with Crippen molar-refractivity contribution in [3.63, 3.8) is 0 Å². The van der Waals surface area contributed by atoms with Gasteiger partial charge in [0.1, 0.15) is 5.82 Å². The van der Waals surface area contributed by atoms with Crippen molar-refractivity contribution in [1.82, 2.24) is 4.98 Å². The summed E-state index contributed by atoms with van der Waals surface area (Å²) in [5.41, 5.74) is 6.03. The maximum Gasteiger partial charge on any atom is 0.339 e. The van der Waals surface area contributed by atoms with Crippen LogP contribution in [0.25, 0.3) is 0 Å². The number of aromatic nitrogens is 1. The van der Waals surface area contributed by atoms with Crippen LogP contribution in [0, 0.1) is 11.7 Å². The molecule has 1 aromatic heterocycles. The van der Waals surface area contributed by atoms with Gasteiger partial charge in [-0.15, -0.1) is 24.8 Å². The van der Waals surface area contributed by atoms with Gasteiger partial charge in [-0.3, -0.25) is 4.98 Å². The minimum Gasteiger partial charge on any atom is -0.465 e. The highest BCUT2D eigenvalue weighted by atomic mass is 35.5. The standard InChI is InChI=1S/C11H15FN2O2.2ClH/c1-6(2)9(13)10-8(12)4-7(5-14-10)11(15)16-3;;/h4-6,9H,13H2,1-3H3;2*1H. The highest BCUT2D eigenvalue weighted by Crippen LogP contribution is 2.20. The van der Waals surface area contributed by atoms with Crippen molar-refractivity contribution in [2.45, 2.75) is 19.9 Å². The molecule has 1 heterocycles. The lowest BCUT2D eigenvalue weighted by Gasteiger charge is -2.15. The van der Waals surface area contributed by atoms with Crippen LogP contribution in [0.4, 0.5) is 4.39 Å². The van der Waals surface area contributed by atoms with Crippen molar-refractivity contribution in [3.8, 4) is 0 Å². The average molecular weight is 299 g/mol. The van der Waals surface area contributed by atoms with E-state index >= 15 is 0 Å². The van der Waals surface area contributed by atoms with E-state index < -0.39 is 17.8 Å². The lowest BCUT2D eigenvalue weighted by atomic mass is 10.0. The maximum absolute atomic E-state index is 13.6. The van der Waals surface area contributed by atoms with Crippen LogP contribution >= 0.6 is 24.8 Å². The van der Waals surface area contributed by atoms with E-state index in [1.807, 2.05) is 13.8 Å². The van der Waals surface area contributed by atoms with E-state index in [9.17, 15) is 9.18 Å². The minimum absolute atomic E-state index is 0. The number of pyridine rings is 1. The van der Waals surface area contributed by atoms with Crippen molar-refractivity contribution in [2.75, 3.05) is 7.11 Å². The van der Waals surface area contributed by atoms with Crippen molar-refractivity contribution in [2.24, 2.45) is 11.7 Å². The second kappa shape index (κ2) is 8.24. The van der Waals surface area contributed by atoms with Gasteiger partial charge in [-0.1, -0.05) is 13.8 Å². The first-order chi connectivity index (χ1) is 7.47. The highest BCUT2D eigenvalue weighted by Gasteiger charge is 2.18. The Morgan fingerprint density at radius 1 is 1.44 bits per heavy atom. The Labute approximate surface area is 118 Å². The molecular formula is C11H17Cl2FN2O2. The molecule has 0 aliphatic rings. The van der Waals surface area contributed by atoms with Crippen LogP contribution in [0.2, 0.25) is 0 Å². The van der Waals surface area contributed by atoms with Gasteiger partial charge in [-0.25, -0.2) is 9.18 Å². The smallest absolute Gasteiger partial charge is 0.339 e. The largest absolute Gasteiger partial charge is 0.465 e. The fourth-order valence-corrected chi connectivity index (χ4v) is 1.24. The van der Waals surface area contributed by atoms with Gasteiger partial charge in [0, 0.05) is 6.20 Å². The fraction of sp³-hybridized carbons (Fsp3) is 0.455. The number of esters is 1. The lowest BCUT2D eigenvalue weighted by molar-refractivity contribution is 0.0599. The van der Waals surface area contributed by atoms with E-state index in [0.29, 0.717) is 0 Å². The summed E-state index contributed by atoms with van der Waals surface area (Å²) >= 11 is 0. The SMILES string of the molecule is COC(=O)c1cnc(C(N)C(C)C)c(F)c1.Cl.Cl. The molecule has 18 heavy (non-hydrogen) atoms. The van der Waals surface area contributed by atoms with Gasteiger partial charge in [-0.2, -0.15) is 0 Å². The zero-order valence-corrected chi connectivity index (χ0v) is 12.0. The molecule has 0 aliphatic heterocycles. The Kier molecular flexibility index (Phi) is 8.89. The Morgan fingerprint density at radius 2 is 2.00 bits per heavy atom. The number of methoxy groups -OCH3 is 1. The van der Waals surface area contributed by atoms with Crippen LogP contribution in [-0.4, -0.2) is 18.1 Å². The molecule has 0 amide bonds. The molecule has 1 rings (SSSR count). The fourth-order valence-electron chi connectivity index (χ4n) is 1.24. The second-order valence-electron chi connectivity index (χ2n) is 3.85. The molecule has 2 N–H and O–H groups in total. The molecule has 0 aliphatic carbocycles. The molecule has 0 bridgehead atoms. The van der Waals surface area contributed by atoms with Crippen LogP contribution in [0.5, 0.6) is 0 Å². The molecule has 0 saturated carbocycles. The predicted octanol–water partition coefficient (Wildman–Crippen LogP) is 2.51. The summed E-state index contributed by atoms with van der Waals surface area (Å²) in [4.78, 5) is 15.0. The number of carbonyl (C=O) groups excluding carboxylic acids is 1. The number of nitrogens with zero attached hydrogens (tertiary/aromatic N) is 1. The number of carbonyl (C=O) groups is 1. The van der Waals surface area contributed by atoms with E-state index in [0.717, 1.165) is 6.07 Å². The Hall–Kier alpha value is -0.910. The van der Waals surface area contributed by atoms with Crippen LogP contribution in [-0.2, 0) is 4.74 Å². The molecule has 1 aromatic rings. The number of hydrogen-bond donors (Lipinski definition) is 1.